The van der Waals surface area contributed by atoms with Crippen molar-refractivity contribution in [3.05, 3.63) is 11.1 Å². The number of anilines is 1. The molecule has 2 unspecified atom stereocenters. The van der Waals surface area contributed by atoms with Crippen LogP contribution >= 0.6 is 34.7 Å². The lowest BCUT2D eigenvalue weighted by molar-refractivity contribution is -0.151. The number of amides is 3. The molecule has 14 heteroatoms. The minimum atomic E-state index is -1.54. The second kappa shape index (κ2) is 7.93. The van der Waals surface area contributed by atoms with Gasteiger partial charge in [0.15, 0.2) is 15.7 Å². The third kappa shape index (κ3) is 3.64. The Morgan fingerprint density at radius 3 is 2.96 bits per heavy atom. The van der Waals surface area contributed by atoms with Gasteiger partial charge in [0.05, 0.1) is 6.54 Å². The van der Waals surface area contributed by atoms with Crippen LogP contribution in [0.3, 0.4) is 0 Å². The van der Waals surface area contributed by atoms with E-state index in [9.17, 15) is 24.3 Å². The molecule has 1 aromatic rings. The Morgan fingerprint density at radius 1 is 1.57 bits per heavy atom. The van der Waals surface area contributed by atoms with E-state index in [2.05, 4.69) is 25.6 Å². The van der Waals surface area contributed by atoms with Crippen molar-refractivity contribution in [1.82, 2.24) is 15.2 Å². The second-order valence-electron chi connectivity index (χ2n) is 5.81. The number of nitrogens with one attached hydrogen (secondary N) is 2. The molecular weight excluding hydrogens is 434 g/mol. The van der Waals surface area contributed by atoms with Crippen molar-refractivity contribution in [1.29, 1.82) is 0 Å². The van der Waals surface area contributed by atoms with Crippen LogP contribution in [0.5, 0.6) is 0 Å². The van der Waals surface area contributed by atoms with E-state index in [0.717, 1.165) is 11.3 Å². The van der Waals surface area contributed by atoms with Gasteiger partial charge < -0.3 is 25.5 Å². The van der Waals surface area contributed by atoms with E-state index in [1.807, 2.05) is 0 Å². The molecule has 0 aliphatic carbocycles. The third-order valence-electron chi connectivity index (χ3n) is 4.04. The minimum absolute atomic E-state index is 0.0938. The number of oxime groups is 1. The van der Waals surface area contributed by atoms with E-state index in [0.29, 0.717) is 6.41 Å². The molecule has 28 heavy (non-hydrogen) atoms. The van der Waals surface area contributed by atoms with E-state index in [1.165, 1.54) is 29.2 Å². The Kier molecular flexibility index (Phi) is 5.76. The topological polar surface area (TPSA) is 150 Å². The summed E-state index contributed by atoms with van der Waals surface area (Å²) in [6.07, 6.45) is 0.450. The second-order valence-corrected chi connectivity index (χ2v) is 8.50. The van der Waals surface area contributed by atoms with E-state index >= 15 is 0 Å². The predicted octanol–water partition coefficient (Wildman–Crippen LogP) is -0.476. The third-order valence-corrected chi connectivity index (χ3v) is 6.92. The first-order valence-corrected chi connectivity index (χ1v) is 10.0. The number of carboxylic acid groups (broad SMARTS) is 1. The number of β-lactam (4-membered cyclic amide) rings is 1. The predicted molar refractivity (Wildman–Crippen MR) is 101 cm³/mol. The summed E-state index contributed by atoms with van der Waals surface area (Å²) in [5.74, 6) is -2.23. The molecule has 0 bridgehead atoms. The van der Waals surface area contributed by atoms with Gasteiger partial charge >= 0.3 is 5.97 Å². The van der Waals surface area contributed by atoms with Crippen LogP contribution in [-0.2, 0) is 24.0 Å². The molecule has 2 aliphatic heterocycles. The van der Waals surface area contributed by atoms with Gasteiger partial charge in [-0.25, -0.2) is 4.98 Å². The lowest BCUT2D eigenvalue weighted by Gasteiger charge is -2.52. The van der Waals surface area contributed by atoms with Crippen molar-refractivity contribution in [2.75, 3.05) is 24.7 Å². The Labute approximate surface area is 171 Å². The van der Waals surface area contributed by atoms with Crippen LogP contribution in [0.25, 0.3) is 0 Å². The van der Waals surface area contributed by atoms with Crippen molar-refractivity contribution < 1.29 is 29.1 Å². The molecule has 3 heterocycles. The van der Waals surface area contributed by atoms with Crippen LogP contribution < -0.4 is 10.6 Å². The normalized spacial score (nSPS) is 26.7. The first kappa shape index (κ1) is 20.4. The molecule has 0 radical (unpaired) electrons. The fourth-order valence-electron chi connectivity index (χ4n) is 2.68. The molecule has 0 spiro atoms. The monoisotopic (exact) mass is 447 g/mol. The molecule has 2 aliphatic rings. The number of rotatable bonds is 7. The Balaban J connectivity index is 1.70. The molecule has 0 saturated carbocycles. The maximum absolute atomic E-state index is 12.6. The summed E-state index contributed by atoms with van der Waals surface area (Å²) in [5, 5.41) is 19.1. The van der Waals surface area contributed by atoms with Gasteiger partial charge in [0, 0.05) is 11.1 Å². The van der Waals surface area contributed by atoms with Crippen molar-refractivity contribution in [2.24, 2.45) is 5.16 Å². The van der Waals surface area contributed by atoms with Crippen LogP contribution in [-0.4, -0.2) is 80.6 Å². The molecule has 3 amide bonds. The van der Waals surface area contributed by atoms with Gasteiger partial charge in [-0.2, -0.15) is 0 Å². The average molecular weight is 448 g/mol. The number of halogens is 1. The van der Waals surface area contributed by atoms with Gasteiger partial charge in [0.2, 0.25) is 12.3 Å². The highest BCUT2D eigenvalue weighted by Gasteiger charge is 2.57. The number of carboxylic acids is 1. The first-order chi connectivity index (χ1) is 13.3. The minimum Gasteiger partial charge on any atom is -0.480 e. The maximum atomic E-state index is 12.6. The van der Waals surface area contributed by atoms with Gasteiger partial charge in [0.1, 0.15) is 24.2 Å². The zero-order chi connectivity index (χ0) is 20.5. The number of thiazole rings is 1. The van der Waals surface area contributed by atoms with E-state index < -0.39 is 34.1 Å². The van der Waals surface area contributed by atoms with E-state index in [4.69, 9.17) is 11.6 Å². The Bertz CT molecular complexity index is 863. The van der Waals surface area contributed by atoms with Crippen molar-refractivity contribution in [2.45, 2.75) is 16.3 Å². The quantitative estimate of drug-likeness (QED) is 0.167. The Morgan fingerprint density at radius 2 is 2.32 bits per heavy atom. The largest absolute Gasteiger partial charge is 0.480 e. The first-order valence-electron chi connectivity index (χ1n) is 7.73. The highest BCUT2D eigenvalue weighted by Crippen LogP contribution is 2.41. The highest BCUT2D eigenvalue weighted by molar-refractivity contribution is 8.00. The summed E-state index contributed by atoms with van der Waals surface area (Å²) >= 11 is 8.31. The average Bonchev–Trinajstić information content (AvgIpc) is 3.12. The highest BCUT2D eigenvalue weighted by atomic mass is 35.5. The van der Waals surface area contributed by atoms with Gasteiger partial charge in [-0.15, -0.1) is 34.7 Å². The molecule has 0 aromatic carbocycles. The van der Waals surface area contributed by atoms with E-state index in [1.54, 1.807) is 0 Å². The molecule has 2 saturated heterocycles. The fraction of sp³-hybridized carbons (Fsp3) is 0.429. The van der Waals surface area contributed by atoms with Crippen molar-refractivity contribution in [3.8, 4) is 0 Å². The fourth-order valence-corrected chi connectivity index (χ4v) is 5.04. The van der Waals surface area contributed by atoms with Crippen LogP contribution in [0.1, 0.15) is 5.69 Å². The molecular formula is C14H14ClN5O6S2. The molecule has 2 fully saturated rings. The number of hydrogen-bond acceptors (Lipinski definition) is 9. The standard InChI is InChI=1S/C14H14ClN5O6S2/c1-26-19-7(6-2-27-13(17-6)16-5-21)9(22)18-8-10(23)20-3-14(15,12(24)25)4-28-11(8)20/h2,5,8,11H,3-4H2,1H3,(H,18,22)(H,24,25)(H,16,17,21)/t8?,11-,14?/m1/s1. The number of thioether (sulfide) groups is 1. The summed E-state index contributed by atoms with van der Waals surface area (Å²) in [6, 6.07) is -0.847. The van der Waals surface area contributed by atoms with Gasteiger partial charge in [-0.05, 0) is 0 Å². The smallest absolute Gasteiger partial charge is 0.327 e. The van der Waals surface area contributed by atoms with Crippen LogP contribution in [0.15, 0.2) is 10.5 Å². The lowest BCUT2D eigenvalue weighted by atomic mass is 10.0. The molecule has 150 valence electrons. The summed E-state index contributed by atoms with van der Waals surface area (Å²) in [5.41, 5.74) is 0.00117. The lowest BCUT2D eigenvalue weighted by Crippen LogP contribution is -2.74. The van der Waals surface area contributed by atoms with Crippen molar-refractivity contribution >= 4 is 69.7 Å². The SMILES string of the molecule is CON=C(C(=O)NC1C(=O)N2CC(Cl)(C(=O)O)CS[C@H]12)c1csc(NC=O)n1. The zero-order valence-corrected chi connectivity index (χ0v) is 16.6. The summed E-state index contributed by atoms with van der Waals surface area (Å²) in [6.45, 7) is -0.140. The maximum Gasteiger partial charge on any atom is 0.327 e. The van der Waals surface area contributed by atoms with Crippen LogP contribution in [0, 0.1) is 0 Å². The molecule has 3 atom stereocenters. The van der Waals surface area contributed by atoms with Crippen molar-refractivity contribution in [3.63, 3.8) is 0 Å². The summed E-state index contributed by atoms with van der Waals surface area (Å²) in [7, 11) is 1.25. The number of carbonyl (C=O) groups excluding carboxylic acids is 3. The number of aromatic nitrogens is 1. The summed E-state index contributed by atoms with van der Waals surface area (Å²) < 4.78 is 0. The number of carbonyl (C=O) groups is 4. The molecule has 1 aromatic heterocycles. The molecule has 3 N–H and O–H groups in total. The Hall–Kier alpha value is -2.38. The number of aliphatic carboxylic acids is 1. The zero-order valence-electron chi connectivity index (χ0n) is 14.2. The van der Waals surface area contributed by atoms with Crippen LogP contribution in [0.4, 0.5) is 5.13 Å². The number of hydrogen-bond donors (Lipinski definition) is 3. The van der Waals surface area contributed by atoms with Gasteiger partial charge in [-0.3, -0.25) is 19.2 Å². The van der Waals surface area contributed by atoms with Gasteiger partial charge in [-0.1, -0.05) is 5.16 Å². The van der Waals surface area contributed by atoms with E-state index in [-0.39, 0.29) is 28.8 Å². The van der Waals surface area contributed by atoms with Gasteiger partial charge in [0.25, 0.3) is 5.91 Å². The molecule has 3 rings (SSSR count). The number of fused-ring (bicyclic) bond motifs is 1. The number of alkyl halides is 1. The molecule has 11 nitrogen and oxygen atoms in total. The summed E-state index contributed by atoms with van der Waals surface area (Å²) in [4.78, 5) is 55.3. The van der Waals surface area contributed by atoms with Crippen LogP contribution in [0.2, 0.25) is 0 Å². The number of nitrogens with zero attached hydrogens (tertiary/aromatic N) is 3.